The van der Waals surface area contributed by atoms with Gasteiger partial charge in [-0.15, -0.1) is 11.3 Å². The number of thiophene rings is 1. The van der Waals surface area contributed by atoms with Gasteiger partial charge >= 0.3 is 0 Å². The summed E-state index contributed by atoms with van der Waals surface area (Å²) in [4.78, 5) is 34.6. The number of pyridine rings is 1. The van der Waals surface area contributed by atoms with Gasteiger partial charge in [0.05, 0.1) is 17.6 Å². The van der Waals surface area contributed by atoms with E-state index in [1.807, 2.05) is 49.6 Å². The van der Waals surface area contributed by atoms with Crippen molar-refractivity contribution < 1.29 is 4.79 Å². The monoisotopic (exact) mass is 420 g/mol. The summed E-state index contributed by atoms with van der Waals surface area (Å²) in [5, 5.41) is 4.94. The Bertz CT molecular complexity index is 1210. The number of amides is 1. The Morgan fingerprint density at radius 3 is 2.80 bits per heavy atom. The van der Waals surface area contributed by atoms with Crippen molar-refractivity contribution in [1.82, 2.24) is 19.9 Å². The lowest BCUT2D eigenvalue weighted by Crippen LogP contribution is -2.34. The number of hydrogen-bond acceptors (Lipinski definition) is 4. The summed E-state index contributed by atoms with van der Waals surface area (Å²) in [7, 11) is 0. The van der Waals surface area contributed by atoms with Crippen LogP contribution in [0.25, 0.3) is 11.0 Å². The number of rotatable bonds is 7. The molecule has 0 bridgehead atoms. The van der Waals surface area contributed by atoms with E-state index in [0.717, 1.165) is 28.2 Å². The van der Waals surface area contributed by atoms with Gasteiger partial charge in [-0.1, -0.05) is 25.1 Å². The van der Waals surface area contributed by atoms with Crippen molar-refractivity contribution >= 4 is 28.3 Å². The molecule has 3 aromatic heterocycles. The van der Waals surface area contributed by atoms with E-state index < -0.39 is 0 Å². The molecule has 0 fully saturated rings. The van der Waals surface area contributed by atoms with Crippen molar-refractivity contribution in [2.24, 2.45) is 0 Å². The van der Waals surface area contributed by atoms with Crippen molar-refractivity contribution in [2.45, 2.75) is 33.2 Å². The molecule has 0 aliphatic heterocycles. The van der Waals surface area contributed by atoms with E-state index in [0.29, 0.717) is 25.9 Å². The molecule has 1 amide bonds. The number of imidazole rings is 1. The fourth-order valence-corrected chi connectivity index (χ4v) is 4.42. The quantitative estimate of drug-likeness (QED) is 0.479. The van der Waals surface area contributed by atoms with Crippen LogP contribution >= 0.6 is 11.3 Å². The van der Waals surface area contributed by atoms with Gasteiger partial charge in [0.1, 0.15) is 11.4 Å². The molecule has 30 heavy (non-hydrogen) atoms. The minimum absolute atomic E-state index is 0.229. The zero-order valence-electron chi connectivity index (χ0n) is 17.1. The van der Waals surface area contributed by atoms with Crippen molar-refractivity contribution in [1.29, 1.82) is 0 Å². The van der Waals surface area contributed by atoms with Crippen molar-refractivity contribution in [3.05, 3.63) is 85.7 Å². The Labute approximate surface area is 178 Å². The van der Waals surface area contributed by atoms with Gasteiger partial charge in [0.25, 0.3) is 5.91 Å². The number of hydrogen-bond donors (Lipinski definition) is 2. The Morgan fingerprint density at radius 2 is 2.07 bits per heavy atom. The highest BCUT2D eigenvalue weighted by molar-refractivity contribution is 7.09. The molecule has 4 rings (SSSR count). The molecule has 0 saturated heterocycles. The Balaban J connectivity index is 1.53. The summed E-state index contributed by atoms with van der Waals surface area (Å²) in [6.45, 7) is 4.95. The van der Waals surface area contributed by atoms with E-state index in [4.69, 9.17) is 0 Å². The zero-order chi connectivity index (χ0) is 21.1. The van der Waals surface area contributed by atoms with Crippen LogP contribution in [0.5, 0.6) is 0 Å². The van der Waals surface area contributed by atoms with Gasteiger partial charge in [0.2, 0.25) is 0 Å². The lowest BCUT2D eigenvalue weighted by molar-refractivity contribution is 0.0951. The third-order valence-corrected chi connectivity index (χ3v) is 6.03. The minimum Gasteiger partial charge on any atom is -0.351 e. The first-order chi connectivity index (χ1) is 14.6. The fraction of sp³-hybridized carbons (Fsp3) is 0.261. The number of aromatic nitrogens is 3. The van der Waals surface area contributed by atoms with Crippen LogP contribution in [0.3, 0.4) is 0 Å². The normalized spacial score (nSPS) is 11.1. The predicted octanol–water partition coefficient (Wildman–Crippen LogP) is 3.68. The lowest BCUT2D eigenvalue weighted by atomic mass is 10.1. The van der Waals surface area contributed by atoms with Crippen LogP contribution in [0.1, 0.15) is 39.4 Å². The molecule has 2 N–H and O–H groups in total. The highest BCUT2D eigenvalue weighted by Gasteiger charge is 2.19. The van der Waals surface area contributed by atoms with Crippen molar-refractivity contribution in [3.63, 3.8) is 0 Å². The first-order valence-corrected chi connectivity index (χ1v) is 10.9. The number of aromatic amines is 1. The number of carbonyl (C=O) groups excluding carboxylic acids is 1. The summed E-state index contributed by atoms with van der Waals surface area (Å²) in [6, 6.07) is 13.4. The molecule has 0 radical (unpaired) electrons. The summed E-state index contributed by atoms with van der Waals surface area (Å²) in [5.74, 6) is 0.485. The Hall–Kier alpha value is -3.19. The number of para-hydroxylation sites is 2. The molecule has 7 heteroatoms. The Kier molecular flexibility index (Phi) is 5.81. The van der Waals surface area contributed by atoms with Gasteiger partial charge in [-0.3, -0.25) is 9.59 Å². The number of nitrogens with one attached hydrogen (secondary N) is 2. The van der Waals surface area contributed by atoms with Crippen LogP contribution in [-0.2, 0) is 19.4 Å². The highest BCUT2D eigenvalue weighted by Crippen LogP contribution is 2.16. The molecule has 0 unspecified atom stereocenters. The van der Waals surface area contributed by atoms with E-state index in [-0.39, 0.29) is 16.9 Å². The van der Waals surface area contributed by atoms with Crippen LogP contribution in [-0.4, -0.2) is 27.0 Å². The molecular formula is C23H24N4O2S. The van der Waals surface area contributed by atoms with Crippen molar-refractivity contribution in [2.75, 3.05) is 6.54 Å². The van der Waals surface area contributed by atoms with Gasteiger partial charge in [-0.05, 0) is 36.9 Å². The van der Waals surface area contributed by atoms with Crippen LogP contribution in [0.15, 0.2) is 52.6 Å². The second-order valence-corrected chi connectivity index (χ2v) is 8.23. The lowest BCUT2D eigenvalue weighted by Gasteiger charge is -2.18. The van der Waals surface area contributed by atoms with E-state index in [1.54, 1.807) is 17.4 Å². The minimum atomic E-state index is -0.326. The summed E-state index contributed by atoms with van der Waals surface area (Å²) in [6.07, 6.45) is 1.17. The number of nitrogens with zero attached hydrogens (tertiary/aromatic N) is 2. The van der Waals surface area contributed by atoms with Crippen LogP contribution in [0.2, 0.25) is 0 Å². The maximum Gasteiger partial charge on any atom is 0.257 e. The summed E-state index contributed by atoms with van der Waals surface area (Å²) >= 11 is 1.67. The van der Waals surface area contributed by atoms with Gasteiger partial charge in [-0.25, -0.2) is 4.98 Å². The number of benzene rings is 1. The van der Waals surface area contributed by atoms with Gasteiger partial charge in [0.15, 0.2) is 5.43 Å². The summed E-state index contributed by atoms with van der Waals surface area (Å²) < 4.78 is 2.07. The molecule has 4 aromatic rings. The standard InChI is InChI=1S/C23H24N4O2S/c1-3-19-22(20(28)13-15(2)27(19)14-16-7-6-12-30-16)23(29)24-11-10-21-25-17-8-4-5-9-18(17)26-21/h4-9,12-13H,3,10-11,14H2,1-2H3,(H,24,29)(H,25,26). The second kappa shape index (κ2) is 8.67. The van der Waals surface area contributed by atoms with Crippen molar-refractivity contribution in [3.8, 4) is 0 Å². The number of aryl methyl sites for hydroxylation is 1. The van der Waals surface area contributed by atoms with Gasteiger partial charge < -0.3 is 14.9 Å². The molecule has 0 spiro atoms. The first-order valence-electron chi connectivity index (χ1n) is 10.0. The molecule has 6 nitrogen and oxygen atoms in total. The maximum absolute atomic E-state index is 12.9. The highest BCUT2D eigenvalue weighted by atomic mass is 32.1. The number of H-pyrrole nitrogens is 1. The number of fused-ring (bicyclic) bond motifs is 1. The third kappa shape index (κ3) is 4.07. The predicted molar refractivity (Wildman–Crippen MR) is 120 cm³/mol. The Morgan fingerprint density at radius 1 is 1.23 bits per heavy atom. The molecule has 0 aliphatic carbocycles. The van der Waals surface area contributed by atoms with Gasteiger partial charge in [-0.2, -0.15) is 0 Å². The molecule has 0 aliphatic rings. The molecule has 0 saturated carbocycles. The van der Waals surface area contributed by atoms with E-state index in [9.17, 15) is 9.59 Å². The molecule has 3 heterocycles. The fourth-order valence-electron chi connectivity index (χ4n) is 3.73. The zero-order valence-corrected chi connectivity index (χ0v) is 17.9. The average Bonchev–Trinajstić information content (AvgIpc) is 3.38. The smallest absolute Gasteiger partial charge is 0.257 e. The topological polar surface area (TPSA) is 79.8 Å². The first kappa shape index (κ1) is 20.1. The molecule has 0 atom stereocenters. The largest absolute Gasteiger partial charge is 0.351 e. The van der Waals surface area contributed by atoms with Crippen LogP contribution < -0.4 is 10.7 Å². The van der Waals surface area contributed by atoms with E-state index in [1.165, 1.54) is 4.88 Å². The van der Waals surface area contributed by atoms with Gasteiger partial charge in [0, 0.05) is 35.3 Å². The summed E-state index contributed by atoms with van der Waals surface area (Å²) in [5.41, 5.74) is 3.53. The number of carbonyl (C=O) groups is 1. The van der Waals surface area contributed by atoms with E-state index in [2.05, 4.69) is 25.9 Å². The third-order valence-electron chi connectivity index (χ3n) is 5.17. The van der Waals surface area contributed by atoms with Crippen LogP contribution in [0.4, 0.5) is 0 Å². The van der Waals surface area contributed by atoms with E-state index >= 15 is 0 Å². The maximum atomic E-state index is 12.9. The van der Waals surface area contributed by atoms with Crippen LogP contribution in [0, 0.1) is 6.92 Å². The molecule has 154 valence electrons. The average molecular weight is 421 g/mol. The SMILES string of the molecule is CCc1c(C(=O)NCCc2nc3ccccc3[nH]2)c(=O)cc(C)n1Cc1cccs1. The molecule has 1 aromatic carbocycles. The second-order valence-electron chi connectivity index (χ2n) is 7.20. The molecular weight excluding hydrogens is 396 g/mol.